The van der Waals surface area contributed by atoms with E-state index in [1.165, 1.54) is 39.0 Å². The van der Waals surface area contributed by atoms with Crippen LogP contribution in [0.4, 0.5) is 18.0 Å². The minimum absolute atomic E-state index is 0.119. The number of hydrogen-bond donors (Lipinski definition) is 1. The molecule has 2 rings (SSSR count). The van der Waals surface area contributed by atoms with Crippen LogP contribution in [0, 0.1) is 5.41 Å². The Hall–Kier alpha value is -1.51. The maximum absolute atomic E-state index is 13.6. The van der Waals surface area contributed by atoms with Gasteiger partial charge in [-0.25, -0.2) is 9.69 Å². The standard InChI is InChI=1S/C16H16Cl2F3NO4/c1-14(2,3)12(15(7-26-15)16(19,20)21)22(13(24)25)11(23)10-8(17)5-4-6-9(10)18/h4-6,12H,7H2,1-3H3,(H,24,25). The van der Waals surface area contributed by atoms with E-state index in [2.05, 4.69) is 4.74 Å². The van der Waals surface area contributed by atoms with Crippen molar-refractivity contribution in [1.82, 2.24) is 4.90 Å². The molecule has 5 nitrogen and oxygen atoms in total. The number of carbonyl (C=O) groups is 2. The van der Waals surface area contributed by atoms with Crippen LogP contribution in [0.25, 0.3) is 0 Å². The van der Waals surface area contributed by atoms with E-state index in [0.717, 1.165) is 0 Å². The van der Waals surface area contributed by atoms with Crippen molar-refractivity contribution in [3.63, 3.8) is 0 Å². The molecule has 1 aromatic carbocycles. The number of imide groups is 1. The van der Waals surface area contributed by atoms with Crippen molar-refractivity contribution in [2.24, 2.45) is 5.41 Å². The van der Waals surface area contributed by atoms with Crippen LogP contribution in [0.5, 0.6) is 0 Å². The van der Waals surface area contributed by atoms with Gasteiger partial charge in [0.15, 0.2) is 0 Å². The Labute approximate surface area is 157 Å². The molecule has 2 amide bonds. The molecular formula is C16H16Cl2F3NO4. The van der Waals surface area contributed by atoms with Crippen LogP contribution < -0.4 is 0 Å². The minimum atomic E-state index is -4.87. The summed E-state index contributed by atoms with van der Waals surface area (Å²) in [5.74, 6) is -1.24. The van der Waals surface area contributed by atoms with Gasteiger partial charge in [0.05, 0.1) is 28.3 Å². The van der Waals surface area contributed by atoms with Crippen LogP contribution in [-0.2, 0) is 4.74 Å². The van der Waals surface area contributed by atoms with Crippen molar-refractivity contribution in [2.45, 2.75) is 38.6 Å². The number of benzene rings is 1. The van der Waals surface area contributed by atoms with Gasteiger partial charge in [0, 0.05) is 0 Å². The molecule has 1 heterocycles. The molecule has 1 aromatic rings. The molecule has 1 aliphatic rings. The molecular weight excluding hydrogens is 398 g/mol. The number of carbonyl (C=O) groups excluding carboxylic acids is 1. The quantitative estimate of drug-likeness (QED) is 0.718. The third kappa shape index (κ3) is 3.50. The highest BCUT2D eigenvalue weighted by Crippen LogP contribution is 2.52. The first-order valence-corrected chi connectivity index (χ1v) is 8.21. The van der Waals surface area contributed by atoms with E-state index in [9.17, 15) is 27.9 Å². The number of epoxide rings is 1. The van der Waals surface area contributed by atoms with Crippen LogP contribution >= 0.6 is 23.2 Å². The number of halogens is 5. The number of carboxylic acid groups (broad SMARTS) is 1. The summed E-state index contributed by atoms with van der Waals surface area (Å²) in [6.45, 7) is 3.44. The molecule has 1 fully saturated rings. The lowest BCUT2D eigenvalue weighted by molar-refractivity contribution is -0.206. The number of ether oxygens (including phenoxy) is 1. The van der Waals surface area contributed by atoms with E-state index in [4.69, 9.17) is 23.2 Å². The fourth-order valence-electron chi connectivity index (χ4n) is 2.99. The zero-order chi connectivity index (χ0) is 20.1. The summed E-state index contributed by atoms with van der Waals surface area (Å²) in [4.78, 5) is 24.8. The van der Waals surface area contributed by atoms with Gasteiger partial charge in [-0.1, -0.05) is 50.0 Å². The largest absolute Gasteiger partial charge is 0.465 e. The van der Waals surface area contributed by atoms with Crippen molar-refractivity contribution < 1.29 is 32.6 Å². The van der Waals surface area contributed by atoms with Crippen molar-refractivity contribution in [3.8, 4) is 0 Å². The van der Waals surface area contributed by atoms with Crippen molar-refractivity contribution in [2.75, 3.05) is 6.61 Å². The van der Waals surface area contributed by atoms with Gasteiger partial charge in [-0.05, 0) is 17.5 Å². The van der Waals surface area contributed by atoms with Crippen molar-refractivity contribution >= 4 is 35.2 Å². The highest BCUT2D eigenvalue weighted by atomic mass is 35.5. The summed E-state index contributed by atoms with van der Waals surface area (Å²) in [6.07, 6.45) is -6.73. The lowest BCUT2D eigenvalue weighted by Crippen LogP contribution is -2.62. The molecule has 0 aliphatic carbocycles. The van der Waals surface area contributed by atoms with Crippen LogP contribution in [0.3, 0.4) is 0 Å². The van der Waals surface area contributed by atoms with Gasteiger partial charge in [-0.15, -0.1) is 0 Å². The molecule has 144 valence electrons. The summed E-state index contributed by atoms with van der Waals surface area (Å²) in [6, 6.07) is 2.17. The topological polar surface area (TPSA) is 70.1 Å². The Balaban J connectivity index is 2.63. The summed E-state index contributed by atoms with van der Waals surface area (Å²) < 4.78 is 45.5. The molecule has 2 unspecified atom stereocenters. The van der Waals surface area contributed by atoms with E-state index in [1.54, 1.807) is 0 Å². The molecule has 26 heavy (non-hydrogen) atoms. The average Bonchev–Trinajstić information content (AvgIpc) is 3.23. The van der Waals surface area contributed by atoms with E-state index >= 15 is 0 Å². The normalized spacial score (nSPS) is 21.2. The highest BCUT2D eigenvalue weighted by Gasteiger charge is 2.74. The van der Waals surface area contributed by atoms with Gasteiger partial charge in [0.1, 0.15) is 0 Å². The molecule has 2 atom stereocenters. The Morgan fingerprint density at radius 3 is 2.00 bits per heavy atom. The third-order valence-corrected chi connectivity index (χ3v) is 4.69. The van der Waals surface area contributed by atoms with Crippen LogP contribution in [0.2, 0.25) is 10.0 Å². The van der Waals surface area contributed by atoms with Crippen LogP contribution in [0.15, 0.2) is 18.2 Å². The SMILES string of the molecule is CC(C)(C)C(N(C(=O)O)C(=O)c1c(Cl)cccc1Cl)C1(C(F)(F)F)CO1. The lowest BCUT2D eigenvalue weighted by atomic mass is 9.77. The summed E-state index contributed by atoms with van der Waals surface area (Å²) >= 11 is 11.9. The van der Waals surface area contributed by atoms with Gasteiger partial charge in [-0.2, -0.15) is 13.2 Å². The second kappa shape index (κ2) is 6.58. The fourth-order valence-corrected chi connectivity index (χ4v) is 3.55. The summed E-state index contributed by atoms with van der Waals surface area (Å²) in [5.41, 5.74) is -4.44. The number of rotatable bonds is 3. The minimum Gasteiger partial charge on any atom is -0.465 e. The molecule has 0 bridgehead atoms. The van der Waals surface area contributed by atoms with Crippen molar-refractivity contribution in [3.05, 3.63) is 33.8 Å². The fraction of sp³-hybridized carbons (Fsp3) is 0.500. The second-order valence-corrected chi connectivity index (χ2v) is 7.81. The van der Waals surface area contributed by atoms with Gasteiger partial charge >= 0.3 is 12.3 Å². The maximum Gasteiger partial charge on any atom is 0.421 e. The molecule has 1 N–H and O–H groups in total. The first kappa shape index (κ1) is 20.8. The van der Waals surface area contributed by atoms with E-state index in [-0.39, 0.29) is 20.5 Å². The summed E-state index contributed by atoms with van der Waals surface area (Å²) in [7, 11) is 0. The second-order valence-electron chi connectivity index (χ2n) is 7.00. The van der Waals surface area contributed by atoms with Crippen molar-refractivity contribution in [1.29, 1.82) is 0 Å². The monoisotopic (exact) mass is 413 g/mol. The van der Waals surface area contributed by atoms with Gasteiger partial charge in [0.2, 0.25) is 5.60 Å². The number of amides is 2. The van der Waals surface area contributed by atoms with Gasteiger partial charge < -0.3 is 9.84 Å². The highest BCUT2D eigenvalue weighted by molar-refractivity contribution is 6.40. The van der Waals surface area contributed by atoms with Gasteiger partial charge in [0.25, 0.3) is 5.91 Å². The third-order valence-electron chi connectivity index (χ3n) is 4.06. The Kier molecular flexibility index (Phi) is 5.26. The molecule has 0 aromatic heterocycles. The van der Waals surface area contributed by atoms with Crippen LogP contribution in [0.1, 0.15) is 31.1 Å². The summed E-state index contributed by atoms with van der Waals surface area (Å²) in [5, 5.41) is 9.24. The van der Waals surface area contributed by atoms with Crippen LogP contribution in [-0.4, -0.2) is 46.4 Å². The average molecular weight is 414 g/mol. The molecule has 0 saturated carbocycles. The first-order chi connectivity index (χ1) is 11.7. The molecule has 0 spiro atoms. The molecule has 0 radical (unpaired) electrons. The number of nitrogens with zero attached hydrogens (tertiary/aromatic N) is 1. The predicted molar refractivity (Wildman–Crippen MR) is 88.6 cm³/mol. The predicted octanol–water partition coefficient (Wildman–Crippen LogP) is 4.86. The smallest absolute Gasteiger partial charge is 0.421 e. The Bertz CT molecular complexity index is 722. The molecule has 1 saturated heterocycles. The Morgan fingerprint density at radius 1 is 1.23 bits per heavy atom. The number of hydrogen-bond acceptors (Lipinski definition) is 3. The Morgan fingerprint density at radius 2 is 1.69 bits per heavy atom. The lowest BCUT2D eigenvalue weighted by Gasteiger charge is -2.41. The first-order valence-electron chi connectivity index (χ1n) is 7.45. The number of alkyl halides is 3. The molecule has 10 heteroatoms. The maximum atomic E-state index is 13.6. The van der Waals surface area contributed by atoms with E-state index in [0.29, 0.717) is 0 Å². The zero-order valence-electron chi connectivity index (χ0n) is 14.0. The van der Waals surface area contributed by atoms with Gasteiger partial charge in [-0.3, -0.25) is 4.79 Å². The molecule has 1 aliphatic heterocycles. The van der Waals surface area contributed by atoms with E-state index in [1.807, 2.05) is 0 Å². The zero-order valence-corrected chi connectivity index (χ0v) is 15.5. The van der Waals surface area contributed by atoms with E-state index < -0.39 is 41.8 Å².